The van der Waals surface area contributed by atoms with Crippen LogP contribution in [0.15, 0.2) is 4.47 Å². The number of nitrogens with one attached hydrogen (secondary N) is 1. The Kier molecular flexibility index (Phi) is 7.01. The number of hydrogen-bond donors (Lipinski definition) is 2. The first-order valence-corrected chi connectivity index (χ1v) is 7.91. The van der Waals surface area contributed by atoms with Crippen molar-refractivity contribution in [2.75, 3.05) is 13.7 Å². The number of aryl methyl sites for hydroxylation is 1. The third-order valence-corrected chi connectivity index (χ3v) is 5.04. The van der Waals surface area contributed by atoms with Crippen LogP contribution in [-0.4, -0.2) is 30.6 Å². The van der Waals surface area contributed by atoms with Gasteiger partial charge in [-0.2, -0.15) is 0 Å². The molecule has 0 bridgehead atoms. The highest BCUT2D eigenvalue weighted by Crippen LogP contribution is 2.38. The van der Waals surface area contributed by atoms with Gasteiger partial charge in [-0.3, -0.25) is 9.59 Å². The summed E-state index contributed by atoms with van der Waals surface area (Å²) in [6.45, 7) is 2.45. The maximum Gasteiger partial charge on any atom is 0.303 e. The molecule has 20 heavy (non-hydrogen) atoms. The number of hydrogen-bond acceptors (Lipinski definition) is 4. The van der Waals surface area contributed by atoms with Crippen molar-refractivity contribution in [3.05, 3.63) is 14.2 Å². The zero-order chi connectivity index (χ0) is 15.1. The molecule has 0 spiro atoms. The summed E-state index contributed by atoms with van der Waals surface area (Å²) < 4.78 is 6.04. The minimum atomic E-state index is -0.780. The zero-order valence-electron chi connectivity index (χ0n) is 11.5. The minimum Gasteiger partial charge on any atom is -0.494 e. The molecule has 0 saturated heterocycles. The topological polar surface area (TPSA) is 75.6 Å². The molecule has 0 radical (unpaired) electrons. The van der Waals surface area contributed by atoms with Crippen LogP contribution in [0, 0.1) is 6.92 Å². The summed E-state index contributed by atoms with van der Waals surface area (Å²) in [7, 11) is 1.54. The van der Waals surface area contributed by atoms with Gasteiger partial charge in [-0.25, -0.2) is 0 Å². The summed E-state index contributed by atoms with van der Waals surface area (Å²) in [4.78, 5) is 23.9. The average Bonchev–Trinajstić information content (AvgIpc) is 2.69. The summed E-state index contributed by atoms with van der Waals surface area (Å²) in [5, 5.41) is 11.3. The average molecular weight is 364 g/mol. The lowest BCUT2D eigenvalue weighted by atomic mass is 10.2. The number of carbonyl (C=O) groups excluding carboxylic acids is 1. The summed E-state index contributed by atoms with van der Waals surface area (Å²) in [5.41, 5.74) is 0. The van der Waals surface area contributed by atoms with Crippen molar-refractivity contribution in [2.45, 2.75) is 32.6 Å². The number of carboxylic acid groups (broad SMARTS) is 1. The second kappa shape index (κ2) is 8.26. The zero-order valence-corrected chi connectivity index (χ0v) is 13.9. The molecule has 112 valence electrons. The van der Waals surface area contributed by atoms with Gasteiger partial charge in [-0.1, -0.05) is 6.42 Å². The summed E-state index contributed by atoms with van der Waals surface area (Å²) >= 11 is 4.78. The van der Waals surface area contributed by atoms with E-state index in [9.17, 15) is 9.59 Å². The van der Waals surface area contributed by atoms with Crippen molar-refractivity contribution in [1.82, 2.24) is 5.32 Å². The number of aliphatic carboxylic acids is 1. The number of rotatable bonds is 8. The molecule has 0 aliphatic carbocycles. The Morgan fingerprint density at radius 2 is 2.05 bits per heavy atom. The molecule has 1 heterocycles. The van der Waals surface area contributed by atoms with Gasteiger partial charge in [0.15, 0.2) is 5.75 Å². The predicted octanol–water partition coefficient (Wildman–Crippen LogP) is 3.20. The lowest BCUT2D eigenvalue weighted by Gasteiger charge is -2.05. The lowest BCUT2D eigenvalue weighted by molar-refractivity contribution is -0.137. The van der Waals surface area contributed by atoms with Gasteiger partial charge < -0.3 is 15.2 Å². The molecular formula is C13H18BrNO4S. The van der Waals surface area contributed by atoms with E-state index in [-0.39, 0.29) is 12.3 Å². The minimum absolute atomic E-state index is 0.154. The van der Waals surface area contributed by atoms with E-state index in [0.29, 0.717) is 23.6 Å². The molecule has 0 atom stereocenters. The molecule has 2 N–H and O–H groups in total. The summed E-state index contributed by atoms with van der Waals surface area (Å²) in [5.74, 6) is -0.368. The highest BCUT2D eigenvalue weighted by atomic mass is 79.9. The molecule has 1 amide bonds. The van der Waals surface area contributed by atoms with Crippen LogP contribution in [0.25, 0.3) is 0 Å². The van der Waals surface area contributed by atoms with Gasteiger partial charge in [-0.05, 0) is 35.7 Å². The number of unbranched alkanes of at least 4 members (excludes halogenated alkanes) is 2. The van der Waals surface area contributed by atoms with Crippen molar-refractivity contribution < 1.29 is 19.4 Å². The van der Waals surface area contributed by atoms with Crippen LogP contribution in [0.5, 0.6) is 5.75 Å². The number of amides is 1. The standard InChI is InChI=1S/C13H18BrNO4S/c1-8-10(14)11(19-2)12(20-8)13(18)15-7-5-3-4-6-9(16)17/h3-7H2,1-2H3,(H,15,18)(H,16,17). The normalized spacial score (nSPS) is 10.3. The number of halogens is 1. The molecule has 0 aliphatic heterocycles. The fourth-order valence-corrected chi connectivity index (χ4v) is 3.36. The fraction of sp³-hybridized carbons (Fsp3) is 0.538. The number of ether oxygens (including phenoxy) is 1. The van der Waals surface area contributed by atoms with E-state index in [1.165, 1.54) is 18.4 Å². The van der Waals surface area contributed by atoms with Crippen molar-refractivity contribution >= 4 is 39.1 Å². The number of carboxylic acids is 1. The number of carbonyl (C=O) groups is 2. The van der Waals surface area contributed by atoms with Crippen molar-refractivity contribution in [2.24, 2.45) is 0 Å². The van der Waals surface area contributed by atoms with Crippen molar-refractivity contribution in [1.29, 1.82) is 0 Å². The molecule has 0 unspecified atom stereocenters. The third-order valence-electron chi connectivity index (χ3n) is 2.73. The van der Waals surface area contributed by atoms with Crippen LogP contribution in [0.3, 0.4) is 0 Å². The lowest BCUT2D eigenvalue weighted by Crippen LogP contribution is -2.24. The van der Waals surface area contributed by atoms with Gasteiger partial charge in [0.25, 0.3) is 5.91 Å². The first-order chi connectivity index (χ1) is 9.47. The highest BCUT2D eigenvalue weighted by Gasteiger charge is 2.20. The Morgan fingerprint density at radius 1 is 1.35 bits per heavy atom. The third kappa shape index (κ3) is 4.79. The van der Waals surface area contributed by atoms with Crippen LogP contribution in [-0.2, 0) is 4.79 Å². The van der Waals surface area contributed by atoms with Gasteiger partial charge >= 0.3 is 5.97 Å². The van der Waals surface area contributed by atoms with E-state index in [2.05, 4.69) is 21.2 Å². The van der Waals surface area contributed by atoms with Crippen molar-refractivity contribution in [3.63, 3.8) is 0 Å². The molecule has 0 fully saturated rings. The van der Waals surface area contributed by atoms with Gasteiger partial charge in [0.05, 0.1) is 11.6 Å². The van der Waals surface area contributed by atoms with Gasteiger partial charge in [-0.15, -0.1) is 11.3 Å². The maximum absolute atomic E-state index is 12.0. The quantitative estimate of drug-likeness (QED) is 0.695. The van der Waals surface area contributed by atoms with Crippen molar-refractivity contribution in [3.8, 4) is 5.75 Å². The summed E-state index contributed by atoms with van der Waals surface area (Å²) in [6.07, 6.45) is 2.38. The van der Waals surface area contributed by atoms with E-state index in [1.54, 1.807) is 0 Å². The molecule has 1 aromatic rings. The molecule has 5 nitrogen and oxygen atoms in total. The van der Waals surface area contributed by atoms with E-state index in [4.69, 9.17) is 9.84 Å². The van der Waals surface area contributed by atoms with E-state index in [1.807, 2.05) is 6.92 Å². The predicted molar refractivity (Wildman–Crippen MR) is 81.7 cm³/mol. The second-order valence-electron chi connectivity index (χ2n) is 4.29. The fourth-order valence-electron chi connectivity index (χ4n) is 1.70. The Hall–Kier alpha value is -1.08. The largest absolute Gasteiger partial charge is 0.494 e. The second-order valence-corrected chi connectivity index (χ2v) is 6.31. The van der Waals surface area contributed by atoms with Crippen LogP contribution >= 0.6 is 27.3 Å². The Morgan fingerprint density at radius 3 is 2.65 bits per heavy atom. The van der Waals surface area contributed by atoms with E-state index < -0.39 is 5.97 Å². The van der Waals surface area contributed by atoms with E-state index in [0.717, 1.165) is 22.2 Å². The van der Waals surface area contributed by atoms with Crippen LogP contribution in [0.4, 0.5) is 0 Å². The van der Waals surface area contributed by atoms with Gasteiger partial charge in [0.1, 0.15) is 4.88 Å². The first-order valence-electron chi connectivity index (χ1n) is 6.30. The van der Waals surface area contributed by atoms with Crippen LogP contribution in [0.2, 0.25) is 0 Å². The highest BCUT2D eigenvalue weighted by molar-refractivity contribution is 9.10. The molecular weight excluding hydrogens is 346 g/mol. The SMILES string of the molecule is COc1c(C(=O)NCCCCCC(=O)O)sc(C)c1Br. The molecule has 1 rings (SSSR count). The Labute approximate surface area is 130 Å². The molecule has 0 aliphatic rings. The van der Waals surface area contributed by atoms with Crippen LogP contribution < -0.4 is 10.1 Å². The maximum atomic E-state index is 12.0. The van der Waals surface area contributed by atoms with Gasteiger partial charge in [0.2, 0.25) is 0 Å². The van der Waals surface area contributed by atoms with E-state index >= 15 is 0 Å². The summed E-state index contributed by atoms with van der Waals surface area (Å²) in [6, 6.07) is 0. The Bertz CT molecular complexity index is 487. The molecule has 0 saturated carbocycles. The molecule has 7 heteroatoms. The smallest absolute Gasteiger partial charge is 0.303 e. The monoisotopic (exact) mass is 363 g/mol. The molecule has 0 aromatic carbocycles. The first kappa shape index (κ1) is 17.0. The number of methoxy groups -OCH3 is 1. The number of thiophene rings is 1. The van der Waals surface area contributed by atoms with Crippen LogP contribution in [0.1, 0.15) is 40.2 Å². The Balaban J connectivity index is 2.40. The van der Waals surface area contributed by atoms with Gasteiger partial charge in [0, 0.05) is 17.8 Å². The molecule has 1 aromatic heterocycles.